The fourth-order valence-electron chi connectivity index (χ4n) is 2.12. The third-order valence-corrected chi connectivity index (χ3v) is 3.55. The minimum absolute atomic E-state index is 0.183. The van der Waals surface area contributed by atoms with Gasteiger partial charge in [0.15, 0.2) is 0 Å². The average molecular weight is 265 g/mol. The van der Waals surface area contributed by atoms with Gasteiger partial charge in [-0.15, -0.1) is 0 Å². The van der Waals surface area contributed by atoms with Crippen molar-refractivity contribution in [1.29, 1.82) is 0 Å². The topological polar surface area (TPSA) is 41.5 Å². The quantitative estimate of drug-likeness (QED) is 0.814. The van der Waals surface area contributed by atoms with Gasteiger partial charge < -0.3 is 0 Å². The van der Waals surface area contributed by atoms with E-state index in [1.165, 1.54) is 12.8 Å². The summed E-state index contributed by atoms with van der Waals surface area (Å²) in [4.78, 5) is 11.8. The third kappa shape index (κ3) is 3.33. The molecule has 0 spiro atoms. The summed E-state index contributed by atoms with van der Waals surface area (Å²) in [7, 11) is 0. The van der Waals surface area contributed by atoms with Gasteiger partial charge in [0.05, 0.1) is 0 Å². The number of halogens is 1. The summed E-state index contributed by atoms with van der Waals surface area (Å²) >= 11 is 5.78. The summed E-state index contributed by atoms with van der Waals surface area (Å²) in [6.45, 7) is 2.16. The Morgan fingerprint density at radius 2 is 2.06 bits per heavy atom. The van der Waals surface area contributed by atoms with Crippen LogP contribution in [0.3, 0.4) is 0 Å². The van der Waals surface area contributed by atoms with Gasteiger partial charge in [0, 0.05) is 16.3 Å². The summed E-state index contributed by atoms with van der Waals surface area (Å²) in [6.07, 6.45) is 4.57. The van der Waals surface area contributed by atoms with Crippen molar-refractivity contribution in [1.82, 2.24) is 5.43 Å². The second-order valence-corrected chi connectivity index (χ2v) is 5.13. The molecule has 1 atom stereocenters. The van der Waals surface area contributed by atoms with Gasteiger partial charge in [-0.2, -0.15) is 5.10 Å². The standard InChI is InChI=1S/C14H17ClN2O/c1-10-4-2-3-5-13(10)16-17-14(18)11-6-8-12(15)9-7-11/h6-10H,2-5H2,1H3,(H,17,18)/b16-13-. The summed E-state index contributed by atoms with van der Waals surface area (Å²) in [5.74, 6) is 0.293. The molecule has 0 heterocycles. The van der Waals surface area contributed by atoms with Crippen LogP contribution in [0.4, 0.5) is 0 Å². The fraction of sp³-hybridized carbons (Fsp3) is 0.429. The van der Waals surface area contributed by atoms with Gasteiger partial charge in [0.1, 0.15) is 0 Å². The van der Waals surface area contributed by atoms with Crippen LogP contribution < -0.4 is 5.43 Å². The number of amides is 1. The summed E-state index contributed by atoms with van der Waals surface area (Å²) in [5, 5.41) is 4.87. The third-order valence-electron chi connectivity index (χ3n) is 3.30. The first-order valence-electron chi connectivity index (χ1n) is 6.29. The molecule has 1 N–H and O–H groups in total. The molecule has 3 nitrogen and oxygen atoms in total. The number of benzene rings is 1. The minimum atomic E-state index is -0.183. The first-order chi connectivity index (χ1) is 8.66. The van der Waals surface area contributed by atoms with E-state index in [-0.39, 0.29) is 5.91 Å². The molecule has 18 heavy (non-hydrogen) atoms. The Labute approximate surface area is 112 Å². The van der Waals surface area contributed by atoms with Crippen molar-refractivity contribution >= 4 is 23.2 Å². The largest absolute Gasteiger partial charge is 0.271 e. The number of hydrogen-bond donors (Lipinski definition) is 1. The fourth-order valence-corrected chi connectivity index (χ4v) is 2.25. The smallest absolute Gasteiger partial charge is 0.267 e. The zero-order chi connectivity index (χ0) is 13.0. The van der Waals surface area contributed by atoms with E-state index in [0.29, 0.717) is 16.5 Å². The average Bonchev–Trinajstić information content (AvgIpc) is 2.38. The molecule has 1 aliphatic carbocycles. The van der Waals surface area contributed by atoms with Crippen LogP contribution in [0, 0.1) is 5.92 Å². The number of nitrogens with zero attached hydrogens (tertiary/aromatic N) is 1. The number of nitrogens with one attached hydrogen (secondary N) is 1. The number of carbonyl (C=O) groups excluding carboxylic acids is 1. The van der Waals surface area contributed by atoms with E-state index in [4.69, 9.17) is 11.6 Å². The highest BCUT2D eigenvalue weighted by Crippen LogP contribution is 2.20. The molecule has 1 aromatic carbocycles. The van der Waals surface area contributed by atoms with Gasteiger partial charge in [-0.25, -0.2) is 5.43 Å². The van der Waals surface area contributed by atoms with Gasteiger partial charge in [0.25, 0.3) is 5.91 Å². The van der Waals surface area contributed by atoms with Gasteiger partial charge in [-0.1, -0.05) is 24.9 Å². The molecule has 1 saturated carbocycles. The summed E-state index contributed by atoms with van der Waals surface area (Å²) < 4.78 is 0. The number of hydrogen-bond acceptors (Lipinski definition) is 2. The summed E-state index contributed by atoms with van der Waals surface area (Å²) in [5.41, 5.74) is 4.30. The Hall–Kier alpha value is -1.35. The Morgan fingerprint density at radius 1 is 1.33 bits per heavy atom. The predicted molar refractivity (Wildman–Crippen MR) is 74.0 cm³/mol. The van der Waals surface area contributed by atoms with Crippen LogP contribution in [0.15, 0.2) is 29.4 Å². The molecule has 4 heteroatoms. The maximum atomic E-state index is 11.8. The SMILES string of the molecule is CC1CCCC/C1=N/NC(=O)c1ccc(Cl)cc1. The molecular formula is C14H17ClN2O. The highest BCUT2D eigenvalue weighted by Gasteiger charge is 2.16. The highest BCUT2D eigenvalue weighted by molar-refractivity contribution is 6.30. The predicted octanol–water partition coefficient (Wildman–Crippen LogP) is 3.64. The van der Waals surface area contributed by atoms with E-state index in [0.717, 1.165) is 18.6 Å². The zero-order valence-electron chi connectivity index (χ0n) is 10.4. The Balaban J connectivity index is 1.99. The van der Waals surface area contributed by atoms with Crippen molar-refractivity contribution in [3.8, 4) is 0 Å². The molecule has 1 unspecified atom stereocenters. The monoisotopic (exact) mass is 264 g/mol. The molecule has 0 bridgehead atoms. The van der Waals surface area contributed by atoms with E-state index in [9.17, 15) is 4.79 Å². The first kappa shape index (κ1) is 13.1. The molecule has 1 aromatic rings. The Bertz CT molecular complexity index is 453. The Kier molecular flexibility index (Phi) is 4.37. The van der Waals surface area contributed by atoms with E-state index >= 15 is 0 Å². The molecule has 0 aliphatic heterocycles. The second-order valence-electron chi connectivity index (χ2n) is 4.70. The van der Waals surface area contributed by atoms with Crippen molar-refractivity contribution in [3.05, 3.63) is 34.9 Å². The number of carbonyl (C=O) groups is 1. The maximum Gasteiger partial charge on any atom is 0.271 e. The van der Waals surface area contributed by atoms with Crippen molar-refractivity contribution in [2.75, 3.05) is 0 Å². The van der Waals surface area contributed by atoms with Gasteiger partial charge >= 0.3 is 0 Å². The van der Waals surface area contributed by atoms with Crippen LogP contribution in [0.2, 0.25) is 5.02 Å². The van der Waals surface area contributed by atoms with Gasteiger partial charge in [0.2, 0.25) is 0 Å². The molecule has 0 radical (unpaired) electrons. The van der Waals surface area contributed by atoms with Crippen LogP contribution >= 0.6 is 11.6 Å². The van der Waals surface area contributed by atoms with Crippen LogP contribution in [0.1, 0.15) is 43.0 Å². The van der Waals surface area contributed by atoms with Crippen molar-refractivity contribution in [2.24, 2.45) is 11.0 Å². The van der Waals surface area contributed by atoms with Crippen LogP contribution in [0.5, 0.6) is 0 Å². The van der Waals surface area contributed by atoms with Gasteiger partial charge in [-0.05, 0) is 49.4 Å². The lowest BCUT2D eigenvalue weighted by Crippen LogP contribution is -2.24. The molecule has 2 rings (SSSR count). The highest BCUT2D eigenvalue weighted by atomic mass is 35.5. The van der Waals surface area contributed by atoms with Crippen molar-refractivity contribution < 1.29 is 4.79 Å². The first-order valence-corrected chi connectivity index (χ1v) is 6.67. The minimum Gasteiger partial charge on any atom is -0.267 e. The van der Waals surface area contributed by atoms with E-state index in [2.05, 4.69) is 17.5 Å². The molecule has 1 aliphatic rings. The van der Waals surface area contributed by atoms with Crippen molar-refractivity contribution in [3.63, 3.8) is 0 Å². The number of hydrazone groups is 1. The Morgan fingerprint density at radius 3 is 2.72 bits per heavy atom. The van der Waals surface area contributed by atoms with E-state index in [1.807, 2.05) is 0 Å². The maximum absolute atomic E-state index is 11.8. The van der Waals surface area contributed by atoms with Crippen LogP contribution in [-0.2, 0) is 0 Å². The van der Waals surface area contributed by atoms with E-state index < -0.39 is 0 Å². The lowest BCUT2D eigenvalue weighted by atomic mass is 9.89. The zero-order valence-corrected chi connectivity index (χ0v) is 11.2. The molecular weight excluding hydrogens is 248 g/mol. The summed E-state index contributed by atoms with van der Waals surface area (Å²) in [6, 6.07) is 6.80. The lowest BCUT2D eigenvalue weighted by Gasteiger charge is -2.19. The molecule has 0 saturated heterocycles. The molecule has 96 valence electrons. The van der Waals surface area contributed by atoms with E-state index in [1.54, 1.807) is 24.3 Å². The van der Waals surface area contributed by atoms with Gasteiger partial charge in [-0.3, -0.25) is 4.79 Å². The molecule has 0 aromatic heterocycles. The van der Waals surface area contributed by atoms with Crippen molar-refractivity contribution in [2.45, 2.75) is 32.6 Å². The lowest BCUT2D eigenvalue weighted by molar-refractivity contribution is 0.0954. The number of rotatable bonds is 2. The van der Waals surface area contributed by atoms with Crippen LogP contribution in [0.25, 0.3) is 0 Å². The van der Waals surface area contributed by atoms with Crippen LogP contribution in [-0.4, -0.2) is 11.6 Å². The normalized spacial score (nSPS) is 21.9. The molecule has 1 amide bonds. The molecule has 1 fully saturated rings. The second kappa shape index (κ2) is 6.01.